The predicted molar refractivity (Wildman–Crippen MR) is 199 cm³/mol. The maximum absolute atomic E-state index is 12.3. The molecule has 9 nitrogen and oxygen atoms in total. The summed E-state index contributed by atoms with van der Waals surface area (Å²) in [7, 11) is 6.25. The van der Waals surface area contributed by atoms with E-state index >= 15 is 0 Å². The molecule has 0 saturated heterocycles. The molecule has 5 aromatic rings. The molecular weight excluding hydrogens is 628 g/mol. The monoisotopic (exact) mass is 666 g/mol. The van der Waals surface area contributed by atoms with E-state index in [1.807, 2.05) is 54.6 Å². The zero-order valence-electron chi connectivity index (χ0n) is 28.7. The second-order valence-corrected chi connectivity index (χ2v) is 12.0. The van der Waals surface area contributed by atoms with Gasteiger partial charge in [0.25, 0.3) is 0 Å². The van der Waals surface area contributed by atoms with Crippen LogP contribution in [-0.4, -0.2) is 54.3 Å². The molecule has 8 bridgehead atoms. The molecule has 50 heavy (non-hydrogen) atoms. The van der Waals surface area contributed by atoms with Gasteiger partial charge in [0.2, 0.25) is 0 Å². The number of carbonyl (C=O) groups excluding carboxylic acids is 1. The minimum Gasteiger partial charge on any atom is -0.496 e. The number of ether oxygens (including phenoxy) is 4. The molecule has 7 rings (SSSR count). The SMILES string of the molecule is CCCCc1c2nc(cc3ccc([nH]3)c(-c3c(OC)cc(OC)cc3OC)c3nc(c(-c4ccc(C(=O)OC)cc4)c4ccc1[nH]4)C=C3)C=C2. The van der Waals surface area contributed by atoms with Crippen molar-refractivity contribution in [2.75, 3.05) is 28.4 Å². The third-order valence-electron chi connectivity index (χ3n) is 9.02. The number of H-pyrrole nitrogens is 2. The topological polar surface area (TPSA) is 111 Å². The average Bonchev–Trinajstić information content (AvgIpc) is 3.98. The standard InChI is InChI=1S/C41H38N4O5/c1-6-7-8-29-30-15-13-26(42-30)21-27-14-16-34(43-27)39(40-36(48-3)22-28(47-2)23-37(40)49-4)35-20-19-33(45-35)38(32-18-17-31(29)44-32)24-9-11-25(12-10-24)41(46)50-5/h9-23,43-44H,6-8H2,1-5H3. The average molecular weight is 667 g/mol. The predicted octanol–water partition coefficient (Wildman–Crippen LogP) is 9.14. The molecule has 0 fully saturated rings. The third kappa shape index (κ3) is 6.02. The molecule has 0 radical (unpaired) electrons. The van der Waals surface area contributed by atoms with Gasteiger partial charge in [-0.05, 0) is 85.2 Å². The third-order valence-corrected chi connectivity index (χ3v) is 9.02. The Balaban J connectivity index is 1.62. The number of esters is 1. The van der Waals surface area contributed by atoms with Crippen LogP contribution in [0.2, 0.25) is 0 Å². The van der Waals surface area contributed by atoms with Gasteiger partial charge in [-0.2, -0.15) is 0 Å². The van der Waals surface area contributed by atoms with Gasteiger partial charge in [-0.15, -0.1) is 0 Å². The molecule has 2 N–H and O–H groups in total. The Bertz CT molecular complexity index is 2300. The largest absolute Gasteiger partial charge is 0.496 e. The normalized spacial score (nSPS) is 11.9. The van der Waals surface area contributed by atoms with E-state index in [-0.39, 0.29) is 0 Å². The van der Waals surface area contributed by atoms with E-state index in [1.165, 1.54) is 7.11 Å². The van der Waals surface area contributed by atoms with Crippen LogP contribution in [0.5, 0.6) is 17.2 Å². The van der Waals surface area contributed by atoms with E-state index in [9.17, 15) is 4.79 Å². The first kappa shape index (κ1) is 32.5. The Morgan fingerprint density at radius 3 is 2.00 bits per heavy atom. The van der Waals surface area contributed by atoms with Crippen LogP contribution in [0.15, 0.2) is 66.7 Å². The van der Waals surface area contributed by atoms with Crippen molar-refractivity contribution in [2.45, 2.75) is 26.2 Å². The van der Waals surface area contributed by atoms with Gasteiger partial charge in [-0.1, -0.05) is 25.5 Å². The molecule has 2 aromatic carbocycles. The van der Waals surface area contributed by atoms with Crippen LogP contribution < -0.4 is 14.2 Å². The Labute approximate surface area is 290 Å². The fourth-order valence-corrected chi connectivity index (χ4v) is 6.52. The summed E-state index contributed by atoms with van der Waals surface area (Å²) < 4.78 is 22.4. The quantitative estimate of drug-likeness (QED) is 0.148. The number of methoxy groups -OCH3 is 4. The number of fused-ring (bicyclic) bond motifs is 8. The summed E-state index contributed by atoms with van der Waals surface area (Å²) >= 11 is 0. The Hall–Kier alpha value is -6.09. The molecule has 5 heterocycles. The molecule has 0 aliphatic carbocycles. The van der Waals surface area contributed by atoms with Crippen molar-refractivity contribution in [1.29, 1.82) is 0 Å². The molecular formula is C41H38N4O5. The van der Waals surface area contributed by atoms with Gasteiger partial charge in [-0.3, -0.25) is 0 Å². The highest BCUT2D eigenvalue weighted by molar-refractivity contribution is 5.98. The highest BCUT2D eigenvalue weighted by atomic mass is 16.5. The van der Waals surface area contributed by atoms with Crippen molar-refractivity contribution in [3.8, 4) is 39.5 Å². The first-order valence-electron chi connectivity index (χ1n) is 16.6. The molecule has 2 aliphatic rings. The van der Waals surface area contributed by atoms with Gasteiger partial charge < -0.3 is 28.9 Å². The zero-order chi connectivity index (χ0) is 34.8. The zero-order valence-corrected chi connectivity index (χ0v) is 28.7. The highest BCUT2D eigenvalue weighted by Gasteiger charge is 2.22. The Morgan fingerprint density at radius 1 is 0.660 bits per heavy atom. The summed E-state index contributed by atoms with van der Waals surface area (Å²) in [6.07, 6.45) is 11.1. The van der Waals surface area contributed by atoms with E-state index < -0.39 is 5.97 Å². The van der Waals surface area contributed by atoms with Crippen LogP contribution in [-0.2, 0) is 11.2 Å². The van der Waals surface area contributed by atoms with Crippen molar-refractivity contribution < 1.29 is 23.7 Å². The summed E-state index contributed by atoms with van der Waals surface area (Å²) in [5.41, 5.74) is 11.8. The lowest BCUT2D eigenvalue weighted by Gasteiger charge is -2.16. The number of aryl methyl sites for hydroxylation is 1. The second kappa shape index (κ2) is 13.8. The minimum atomic E-state index is -0.392. The maximum atomic E-state index is 12.3. The van der Waals surface area contributed by atoms with Gasteiger partial charge in [-0.25, -0.2) is 14.8 Å². The molecule has 2 aliphatic heterocycles. The molecule has 9 heteroatoms. The number of nitrogens with zero attached hydrogens (tertiary/aromatic N) is 2. The number of unbranched alkanes of at least 4 members (excludes halogenated alkanes) is 1. The van der Waals surface area contributed by atoms with E-state index in [4.69, 9.17) is 28.9 Å². The summed E-state index contributed by atoms with van der Waals surface area (Å²) in [5, 5.41) is 0. The van der Waals surface area contributed by atoms with E-state index in [0.717, 1.165) is 86.2 Å². The molecule has 252 valence electrons. The number of benzene rings is 2. The van der Waals surface area contributed by atoms with Crippen LogP contribution in [0.25, 0.3) is 68.6 Å². The van der Waals surface area contributed by atoms with Crippen molar-refractivity contribution >= 4 is 52.3 Å². The fraction of sp³-hybridized carbons (Fsp3) is 0.195. The number of hydrogen-bond acceptors (Lipinski definition) is 7. The number of nitrogens with one attached hydrogen (secondary N) is 2. The number of aromatic amines is 2. The van der Waals surface area contributed by atoms with Gasteiger partial charge >= 0.3 is 5.97 Å². The second-order valence-electron chi connectivity index (χ2n) is 12.0. The van der Waals surface area contributed by atoms with Gasteiger partial charge in [0.1, 0.15) is 17.2 Å². The smallest absolute Gasteiger partial charge is 0.337 e. The van der Waals surface area contributed by atoms with Crippen LogP contribution in [0, 0.1) is 0 Å². The van der Waals surface area contributed by atoms with Crippen LogP contribution in [0.3, 0.4) is 0 Å². The lowest BCUT2D eigenvalue weighted by molar-refractivity contribution is 0.0600. The molecule has 3 aromatic heterocycles. The number of aromatic nitrogens is 4. The number of hydrogen-bond donors (Lipinski definition) is 2. The lowest BCUT2D eigenvalue weighted by atomic mass is 10.0. The summed E-state index contributed by atoms with van der Waals surface area (Å²) in [5.74, 6) is 1.36. The van der Waals surface area contributed by atoms with Gasteiger partial charge in [0, 0.05) is 50.9 Å². The molecule has 0 saturated carbocycles. The fourth-order valence-electron chi connectivity index (χ4n) is 6.52. The van der Waals surface area contributed by atoms with E-state index in [1.54, 1.807) is 33.5 Å². The number of rotatable bonds is 9. The van der Waals surface area contributed by atoms with Crippen molar-refractivity contribution in [1.82, 2.24) is 19.9 Å². The van der Waals surface area contributed by atoms with Gasteiger partial charge in [0.15, 0.2) is 0 Å². The van der Waals surface area contributed by atoms with Crippen molar-refractivity contribution in [2.24, 2.45) is 0 Å². The molecule has 0 amide bonds. The van der Waals surface area contributed by atoms with E-state index in [0.29, 0.717) is 28.5 Å². The minimum absolute atomic E-state index is 0.392. The van der Waals surface area contributed by atoms with Crippen LogP contribution >= 0.6 is 0 Å². The summed E-state index contributed by atoms with van der Waals surface area (Å²) in [4.78, 5) is 30.0. The Morgan fingerprint density at radius 2 is 1.32 bits per heavy atom. The van der Waals surface area contributed by atoms with E-state index in [2.05, 4.69) is 41.2 Å². The maximum Gasteiger partial charge on any atom is 0.337 e. The van der Waals surface area contributed by atoms with Crippen molar-refractivity contribution in [3.63, 3.8) is 0 Å². The Kier molecular flexibility index (Phi) is 8.96. The highest BCUT2D eigenvalue weighted by Crippen LogP contribution is 2.45. The van der Waals surface area contributed by atoms with Crippen LogP contribution in [0.4, 0.5) is 0 Å². The number of carbonyl (C=O) groups is 1. The van der Waals surface area contributed by atoms with Crippen molar-refractivity contribution in [3.05, 3.63) is 101 Å². The van der Waals surface area contributed by atoms with Crippen LogP contribution in [0.1, 0.15) is 58.5 Å². The lowest BCUT2D eigenvalue weighted by Crippen LogP contribution is -2.00. The molecule has 0 unspecified atom stereocenters. The van der Waals surface area contributed by atoms with Gasteiger partial charge in [0.05, 0.1) is 62.3 Å². The molecule has 0 atom stereocenters. The summed E-state index contributed by atoms with van der Waals surface area (Å²) in [6.45, 7) is 2.20. The first-order valence-corrected chi connectivity index (χ1v) is 16.6. The first-order chi connectivity index (χ1) is 24.4. The summed E-state index contributed by atoms with van der Waals surface area (Å²) in [6, 6.07) is 21.4. The molecule has 0 spiro atoms.